The Labute approximate surface area is 159 Å². The fourth-order valence-electron chi connectivity index (χ4n) is 5.09. The molecule has 2 aromatic carbocycles. The van der Waals surface area contributed by atoms with Gasteiger partial charge < -0.3 is 0 Å². The molecular formula is C24H24N2O. The van der Waals surface area contributed by atoms with Gasteiger partial charge in [0, 0.05) is 24.4 Å². The Morgan fingerprint density at radius 2 is 1.70 bits per heavy atom. The molecule has 0 radical (unpaired) electrons. The molecular weight excluding hydrogens is 332 g/mol. The average molecular weight is 356 g/mol. The second-order valence-corrected chi connectivity index (χ2v) is 8.10. The monoisotopic (exact) mass is 356 g/mol. The Balaban J connectivity index is 1.74. The van der Waals surface area contributed by atoms with Crippen LogP contribution >= 0.6 is 0 Å². The van der Waals surface area contributed by atoms with Gasteiger partial charge in [-0.05, 0) is 30.4 Å². The van der Waals surface area contributed by atoms with Crippen molar-refractivity contribution in [2.45, 2.75) is 43.9 Å². The van der Waals surface area contributed by atoms with Crippen LogP contribution < -0.4 is 5.56 Å². The molecule has 2 aliphatic rings. The Hall–Kier alpha value is -2.68. The van der Waals surface area contributed by atoms with Crippen LogP contribution in [0.2, 0.25) is 0 Å². The minimum absolute atomic E-state index is 0.0171. The summed E-state index contributed by atoms with van der Waals surface area (Å²) in [6.07, 6.45) is 6.26. The van der Waals surface area contributed by atoms with Crippen LogP contribution in [0.15, 0.2) is 59.4 Å². The first-order valence-corrected chi connectivity index (χ1v) is 9.91. The second-order valence-electron chi connectivity index (χ2n) is 8.10. The van der Waals surface area contributed by atoms with E-state index in [0.717, 1.165) is 41.9 Å². The molecule has 5 rings (SSSR count). The fourth-order valence-corrected chi connectivity index (χ4v) is 5.09. The molecule has 0 unspecified atom stereocenters. The van der Waals surface area contributed by atoms with E-state index in [-0.39, 0.29) is 11.0 Å². The first-order valence-electron chi connectivity index (χ1n) is 9.91. The molecule has 1 saturated carbocycles. The van der Waals surface area contributed by atoms with Gasteiger partial charge in [0.25, 0.3) is 5.56 Å². The summed E-state index contributed by atoms with van der Waals surface area (Å²) in [5.74, 6) is 0.842. The standard InChI is InChI=1S/C24H24N2O/c1-26-20(15-17-9-3-2-4-10-17)25-22-19-12-6-5-11-18(19)16-24(13-7-8-14-24)21(22)23(26)27/h2-6,9-12H,7-8,13-16H2,1H3. The molecule has 0 saturated heterocycles. The molecule has 1 fully saturated rings. The van der Waals surface area contributed by atoms with Crippen molar-refractivity contribution in [2.75, 3.05) is 0 Å². The average Bonchev–Trinajstić information content (AvgIpc) is 3.15. The molecule has 1 aromatic heterocycles. The maximum Gasteiger partial charge on any atom is 0.257 e. The van der Waals surface area contributed by atoms with E-state index in [1.54, 1.807) is 4.57 Å². The Bertz CT molecular complexity index is 1060. The SMILES string of the molecule is Cn1c(Cc2ccccc2)nc2c(c1=O)C1(CCCC1)Cc1ccccc1-2. The van der Waals surface area contributed by atoms with Crippen LogP contribution in [0.1, 0.15) is 48.2 Å². The van der Waals surface area contributed by atoms with Crippen molar-refractivity contribution >= 4 is 0 Å². The van der Waals surface area contributed by atoms with Gasteiger partial charge in [-0.2, -0.15) is 0 Å². The van der Waals surface area contributed by atoms with Gasteiger partial charge in [0.2, 0.25) is 0 Å². The molecule has 27 heavy (non-hydrogen) atoms. The van der Waals surface area contributed by atoms with Crippen LogP contribution in [0, 0.1) is 0 Å². The van der Waals surface area contributed by atoms with E-state index in [0.29, 0.717) is 6.42 Å². The predicted molar refractivity (Wildman–Crippen MR) is 108 cm³/mol. The van der Waals surface area contributed by atoms with Crippen molar-refractivity contribution in [2.24, 2.45) is 7.05 Å². The van der Waals surface area contributed by atoms with Crippen LogP contribution in [-0.4, -0.2) is 9.55 Å². The lowest BCUT2D eigenvalue weighted by Gasteiger charge is -2.36. The number of hydrogen-bond donors (Lipinski definition) is 0. The Kier molecular flexibility index (Phi) is 3.78. The van der Waals surface area contributed by atoms with Gasteiger partial charge in [-0.1, -0.05) is 67.4 Å². The summed E-state index contributed by atoms with van der Waals surface area (Å²) in [7, 11) is 1.89. The van der Waals surface area contributed by atoms with E-state index in [9.17, 15) is 4.79 Å². The van der Waals surface area contributed by atoms with E-state index >= 15 is 0 Å². The summed E-state index contributed by atoms with van der Waals surface area (Å²) in [6, 6.07) is 18.8. The van der Waals surface area contributed by atoms with Crippen LogP contribution in [0.4, 0.5) is 0 Å². The number of benzene rings is 2. The molecule has 0 aliphatic heterocycles. The summed E-state index contributed by atoms with van der Waals surface area (Å²) in [4.78, 5) is 18.6. The van der Waals surface area contributed by atoms with Gasteiger partial charge in [-0.3, -0.25) is 9.36 Å². The zero-order valence-corrected chi connectivity index (χ0v) is 15.7. The van der Waals surface area contributed by atoms with E-state index in [1.165, 1.54) is 24.0 Å². The van der Waals surface area contributed by atoms with Gasteiger partial charge in [-0.15, -0.1) is 0 Å². The molecule has 3 nitrogen and oxygen atoms in total. The minimum Gasteiger partial charge on any atom is -0.299 e. The van der Waals surface area contributed by atoms with Crippen LogP contribution in [-0.2, 0) is 25.3 Å². The normalized spacial score (nSPS) is 16.9. The minimum atomic E-state index is -0.0171. The van der Waals surface area contributed by atoms with Crippen molar-refractivity contribution in [3.8, 4) is 11.3 Å². The number of rotatable bonds is 2. The molecule has 3 heteroatoms. The molecule has 0 amide bonds. The summed E-state index contributed by atoms with van der Waals surface area (Å²) >= 11 is 0. The third-order valence-corrected chi connectivity index (χ3v) is 6.48. The van der Waals surface area contributed by atoms with Crippen LogP contribution in [0.5, 0.6) is 0 Å². The van der Waals surface area contributed by atoms with Gasteiger partial charge >= 0.3 is 0 Å². The predicted octanol–water partition coefficient (Wildman–Crippen LogP) is 4.41. The third kappa shape index (κ3) is 2.56. The van der Waals surface area contributed by atoms with Gasteiger partial charge in [0.15, 0.2) is 0 Å². The van der Waals surface area contributed by atoms with Crippen LogP contribution in [0.25, 0.3) is 11.3 Å². The van der Waals surface area contributed by atoms with Gasteiger partial charge in [0.1, 0.15) is 5.82 Å². The summed E-state index contributed by atoms with van der Waals surface area (Å²) in [5, 5.41) is 0. The zero-order chi connectivity index (χ0) is 18.4. The lowest BCUT2D eigenvalue weighted by Crippen LogP contribution is -2.40. The Morgan fingerprint density at radius 1 is 1.00 bits per heavy atom. The molecule has 136 valence electrons. The lowest BCUT2D eigenvalue weighted by molar-refractivity contribution is 0.422. The quantitative estimate of drug-likeness (QED) is 0.682. The highest BCUT2D eigenvalue weighted by molar-refractivity contribution is 5.71. The fraction of sp³-hybridized carbons (Fsp3) is 0.333. The number of aromatic nitrogens is 2. The summed E-state index contributed by atoms with van der Waals surface area (Å²) in [6.45, 7) is 0. The van der Waals surface area contributed by atoms with Crippen molar-refractivity contribution in [1.29, 1.82) is 0 Å². The van der Waals surface area contributed by atoms with E-state index < -0.39 is 0 Å². The first-order chi connectivity index (χ1) is 13.2. The number of hydrogen-bond acceptors (Lipinski definition) is 2. The van der Waals surface area contributed by atoms with Crippen molar-refractivity contribution in [3.05, 3.63) is 87.5 Å². The highest BCUT2D eigenvalue weighted by Gasteiger charge is 2.44. The van der Waals surface area contributed by atoms with Crippen molar-refractivity contribution in [1.82, 2.24) is 9.55 Å². The van der Waals surface area contributed by atoms with Crippen LogP contribution in [0.3, 0.4) is 0 Å². The number of fused-ring (bicyclic) bond motifs is 4. The van der Waals surface area contributed by atoms with E-state index in [1.807, 2.05) is 25.2 Å². The van der Waals surface area contributed by atoms with Crippen molar-refractivity contribution in [3.63, 3.8) is 0 Å². The number of nitrogens with zero attached hydrogens (tertiary/aromatic N) is 2. The smallest absolute Gasteiger partial charge is 0.257 e. The van der Waals surface area contributed by atoms with E-state index in [2.05, 4.69) is 36.4 Å². The van der Waals surface area contributed by atoms with Crippen molar-refractivity contribution < 1.29 is 0 Å². The highest BCUT2D eigenvalue weighted by Crippen LogP contribution is 2.49. The molecule has 2 aliphatic carbocycles. The lowest BCUT2D eigenvalue weighted by atomic mass is 9.68. The zero-order valence-electron chi connectivity index (χ0n) is 15.7. The second kappa shape index (κ2) is 6.19. The molecule has 0 N–H and O–H groups in total. The topological polar surface area (TPSA) is 34.9 Å². The molecule has 0 atom stereocenters. The molecule has 3 aromatic rings. The van der Waals surface area contributed by atoms with Gasteiger partial charge in [-0.25, -0.2) is 4.98 Å². The maximum atomic E-state index is 13.5. The maximum absolute atomic E-state index is 13.5. The largest absolute Gasteiger partial charge is 0.299 e. The summed E-state index contributed by atoms with van der Waals surface area (Å²) in [5.41, 5.74) is 5.72. The van der Waals surface area contributed by atoms with Gasteiger partial charge in [0.05, 0.1) is 11.3 Å². The first kappa shape index (κ1) is 16.5. The highest BCUT2D eigenvalue weighted by atomic mass is 16.1. The Morgan fingerprint density at radius 3 is 2.48 bits per heavy atom. The van der Waals surface area contributed by atoms with E-state index in [4.69, 9.17) is 4.98 Å². The molecule has 1 spiro atoms. The third-order valence-electron chi connectivity index (χ3n) is 6.48. The summed E-state index contributed by atoms with van der Waals surface area (Å²) < 4.78 is 1.79. The molecule has 0 bridgehead atoms. The molecule has 1 heterocycles.